The highest BCUT2D eigenvalue weighted by atomic mass is 19.3. The summed E-state index contributed by atoms with van der Waals surface area (Å²) in [4.78, 5) is 22.7. The maximum absolute atomic E-state index is 13.4. The van der Waals surface area contributed by atoms with E-state index in [1.165, 1.54) is 18.2 Å². The van der Waals surface area contributed by atoms with Crippen LogP contribution in [-0.4, -0.2) is 56.9 Å². The zero-order valence-electron chi connectivity index (χ0n) is 27.3. The van der Waals surface area contributed by atoms with Crippen LogP contribution in [0.2, 0.25) is 0 Å². The Kier molecular flexibility index (Phi) is 9.12. The molecule has 2 N–H and O–H groups in total. The average Bonchev–Trinajstić information content (AvgIpc) is 3.82. The summed E-state index contributed by atoms with van der Waals surface area (Å²) >= 11 is 0. The van der Waals surface area contributed by atoms with Gasteiger partial charge < -0.3 is 28.5 Å². The number of aliphatic carboxylic acids is 1. The van der Waals surface area contributed by atoms with E-state index in [2.05, 4.69) is 9.72 Å². The van der Waals surface area contributed by atoms with Crippen LogP contribution in [0.4, 0.5) is 17.6 Å². The number of carbonyl (C=O) groups is 1. The number of carboxylic acid groups (broad SMARTS) is 1. The van der Waals surface area contributed by atoms with E-state index in [0.717, 1.165) is 22.3 Å². The Morgan fingerprint density at radius 2 is 1.31 bits per heavy atom. The first-order valence-corrected chi connectivity index (χ1v) is 16.0. The second-order valence-electron chi connectivity index (χ2n) is 12.2. The zero-order valence-corrected chi connectivity index (χ0v) is 27.3. The number of nitrogens with zero attached hydrogens (tertiary/aromatic N) is 3. The molecule has 2 aromatic heterocycles. The molecule has 0 spiro atoms. The van der Waals surface area contributed by atoms with Gasteiger partial charge in [0.1, 0.15) is 28.6 Å². The third kappa shape index (κ3) is 6.59. The molecule has 1 aliphatic heterocycles. The molecular weight excluding hydrogens is 674 g/mol. The molecule has 0 saturated carbocycles. The summed E-state index contributed by atoms with van der Waals surface area (Å²) in [5, 5.41) is 19.3. The molecule has 1 fully saturated rings. The first-order chi connectivity index (χ1) is 24.5. The summed E-state index contributed by atoms with van der Waals surface area (Å²) in [6, 6.07) is 16.2. The number of aliphatic hydroxyl groups excluding tert-OH is 1. The highest BCUT2D eigenvalue weighted by molar-refractivity contribution is 5.85. The maximum atomic E-state index is 13.4. The average molecular weight is 706 g/mol. The molecule has 0 bridgehead atoms. The Hall–Kier alpha value is -5.47. The van der Waals surface area contributed by atoms with Crippen LogP contribution in [-0.2, 0) is 17.9 Å². The van der Waals surface area contributed by atoms with Crippen molar-refractivity contribution >= 4 is 28.2 Å². The van der Waals surface area contributed by atoms with Crippen molar-refractivity contribution in [2.24, 2.45) is 0 Å². The molecule has 1 aliphatic rings. The lowest BCUT2D eigenvalue weighted by atomic mass is 9.91. The summed E-state index contributed by atoms with van der Waals surface area (Å²) in [5.74, 6) is -0.780. The molecule has 4 aromatic carbocycles. The fraction of sp³-hybridized carbons (Fsp3) is 0.270. The Morgan fingerprint density at radius 3 is 1.80 bits per heavy atom. The second-order valence-corrected chi connectivity index (χ2v) is 12.2. The zero-order chi connectivity index (χ0) is 36.0. The Morgan fingerprint density at radius 1 is 0.824 bits per heavy atom. The van der Waals surface area contributed by atoms with Gasteiger partial charge >= 0.3 is 19.2 Å². The maximum Gasteiger partial charge on any atom is 0.387 e. The number of aromatic nitrogens is 2. The molecular formula is C37H31F4N3O7. The summed E-state index contributed by atoms with van der Waals surface area (Å²) in [7, 11) is 0. The highest BCUT2D eigenvalue weighted by Crippen LogP contribution is 2.39. The van der Waals surface area contributed by atoms with Crippen LogP contribution in [0.1, 0.15) is 35.1 Å². The first kappa shape index (κ1) is 34.0. The minimum atomic E-state index is -3.10. The van der Waals surface area contributed by atoms with Gasteiger partial charge in [0, 0.05) is 40.9 Å². The van der Waals surface area contributed by atoms with Crippen molar-refractivity contribution in [3.63, 3.8) is 0 Å². The normalized spacial score (nSPS) is 15.1. The van der Waals surface area contributed by atoms with Gasteiger partial charge in [0.25, 0.3) is 0 Å². The third-order valence-electron chi connectivity index (χ3n) is 9.18. The van der Waals surface area contributed by atoms with Gasteiger partial charge in [0.15, 0.2) is 11.2 Å². The molecule has 7 rings (SSSR count). The minimum Gasteiger partial charge on any atom is -0.480 e. The van der Waals surface area contributed by atoms with Gasteiger partial charge in [-0.3, -0.25) is 9.69 Å². The number of likely N-dealkylation sites (tertiary alicyclic amines) is 1. The molecule has 1 saturated heterocycles. The molecule has 3 heterocycles. The van der Waals surface area contributed by atoms with Crippen molar-refractivity contribution in [1.29, 1.82) is 0 Å². The van der Waals surface area contributed by atoms with Gasteiger partial charge in [-0.05, 0) is 79.8 Å². The number of alkyl halides is 4. The molecule has 1 atom stereocenters. The lowest BCUT2D eigenvalue weighted by Gasteiger charge is -2.22. The predicted molar refractivity (Wildman–Crippen MR) is 178 cm³/mol. The van der Waals surface area contributed by atoms with Crippen LogP contribution in [0.5, 0.6) is 11.5 Å². The minimum absolute atomic E-state index is 0.0919. The summed E-state index contributed by atoms with van der Waals surface area (Å²) in [5.41, 5.74) is 6.34. The quantitative estimate of drug-likeness (QED) is 0.127. The smallest absolute Gasteiger partial charge is 0.387 e. The topological polar surface area (TPSA) is 131 Å². The molecule has 6 aromatic rings. The highest BCUT2D eigenvalue weighted by Gasteiger charge is 2.31. The van der Waals surface area contributed by atoms with Crippen LogP contribution in [0.15, 0.2) is 69.5 Å². The van der Waals surface area contributed by atoms with Gasteiger partial charge in [-0.25, -0.2) is 9.97 Å². The standard InChI is InChI=1S/C37H31F4N3O7/c1-18-22(23-7-4-9-25(19(23)2)34-43-27-13-21(17-45)30(51-37(40)41)15-32(27)49-34)6-3-8-24(18)33-42-26-12-20(16-44-11-5-10-28(44)35(46)47)29(50-36(38)39)14-31(26)48-33/h3-4,6-9,12-15,28,36-37,45H,5,10-11,16-17H2,1-2H3,(H,46,47)/t28-/m0/s1. The van der Waals surface area contributed by atoms with Crippen LogP contribution in [0, 0.1) is 13.8 Å². The van der Waals surface area contributed by atoms with E-state index in [9.17, 15) is 32.6 Å². The van der Waals surface area contributed by atoms with E-state index < -0.39 is 31.8 Å². The van der Waals surface area contributed by atoms with Gasteiger partial charge in [0.05, 0.1) is 6.61 Å². The molecule has 14 heteroatoms. The van der Waals surface area contributed by atoms with E-state index in [-0.39, 0.29) is 46.6 Å². The number of halogens is 4. The number of hydrogen-bond donors (Lipinski definition) is 2. The van der Waals surface area contributed by atoms with Gasteiger partial charge in [-0.1, -0.05) is 24.3 Å². The summed E-state index contributed by atoms with van der Waals surface area (Å²) in [6.45, 7) is -2.30. The Balaban J connectivity index is 1.24. The van der Waals surface area contributed by atoms with Gasteiger partial charge in [-0.2, -0.15) is 17.6 Å². The number of fused-ring (bicyclic) bond motifs is 2. The number of rotatable bonds is 11. The third-order valence-corrected chi connectivity index (χ3v) is 9.18. The van der Waals surface area contributed by atoms with Gasteiger partial charge in [-0.15, -0.1) is 0 Å². The number of ether oxygens (including phenoxy) is 2. The molecule has 0 amide bonds. The van der Waals surface area contributed by atoms with E-state index in [1.807, 2.05) is 50.2 Å². The summed E-state index contributed by atoms with van der Waals surface area (Å²) < 4.78 is 74.2. The van der Waals surface area contributed by atoms with Crippen molar-refractivity contribution < 1.29 is 50.9 Å². The van der Waals surface area contributed by atoms with Crippen molar-refractivity contribution in [3.05, 3.63) is 82.9 Å². The SMILES string of the molecule is Cc1c(-c2nc3cc(CO)c(OC(F)F)cc3o2)cccc1-c1cccc(-c2nc3cc(CN4CCC[C@H]4C(=O)O)c(OC(F)F)cc3o2)c1C. The fourth-order valence-electron chi connectivity index (χ4n) is 6.72. The monoisotopic (exact) mass is 705 g/mol. The molecule has 51 heavy (non-hydrogen) atoms. The first-order valence-electron chi connectivity index (χ1n) is 16.0. The van der Waals surface area contributed by atoms with Crippen LogP contribution >= 0.6 is 0 Å². The number of oxazole rings is 2. The lowest BCUT2D eigenvalue weighted by molar-refractivity contribution is -0.142. The van der Waals surface area contributed by atoms with Crippen molar-refractivity contribution in [1.82, 2.24) is 14.9 Å². The Bertz CT molecular complexity index is 2270. The van der Waals surface area contributed by atoms with Gasteiger partial charge in [0.2, 0.25) is 11.8 Å². The molecule has 264 valence electrons. The van der Waals surface area contributed by atoms with E-state index in [0.29, 0.717) is 47.1 Å². The molecule has 0 aliphatic carbocycles. The van der Waals surface area contributed by atoms with Crippen molar-refractivity contribution in [3.8, 4) is 45.5 Å². The lowest BCUT2D eigenvalue weighted by Crippen LogP contribution is -2.35. The van der Waals surface area contributed by atoms with Crippen LogP contribution in [0.3, 0.4) is 0 Å². The van der Waals surface area contributed by atoms with Crippen molar-refractivity contribution in [2.75, 3.05) is 6.54 Å². The van der Waals surface area contributed by atoms with E-state index in [1.54, 1.807) is 11.0 Å². The van der Waals surface area contributed by atoms with E-state index >= 15 is 0 Å². The number of benzene rings is 4. The molecule has 0 unspecified atom stereocenters. The van der Waals surface area contributed by atoms with Crippen LogP contribution < -0.4 is 9.47 Å². The second kappa shape index (κ2) is 13.7. The van der Waals surface area contributed by atoms with Crippen molar-refractivity contribution in [2.45, 2.75) is 59.1 Å². The number of aliphatic hydroxyl groups is 1. The largest absolute Gasteiger partial charge is 0.480 e. The molecule has 0 radical (unpaired) electrons. The Labute approximate surface area is 287 Å². The number of carboxylic acids is 1. The van der Waals surface area contributed by atoms with Crippen LogP contribution in [0.25, 0.3) is 56.2 Å². The predicted octanol–water partition coefficient (Wildman–Crippen LogP) is 8.33. The fourth-order valence-corrected chi connectivity index (χ4v) is 6.72. The summed E-state index contributed by atoms with van der Waals surface area (Å²) in [6.07, 6.45) is 1.14. The van der Waals surface area contributed by atoms with E-state index in [4.69, 9.17) is 18.6 Å². The number of hydrogen-bond acceptors (Lipinski definition) is 9. The molecule has 10 nitrogen and oxygen atoms in total.